The van der Waals surface area contributed by atoms with Crippen molar-refractivity contribution in [3.8, 4) is 0 Å². The van der Waals surface area contributed by atoms with Crippen molar-refractivity contribution < 1.29 is 18.8 Å². The zero-order chi connectivity index (χ0) is 18.5. The van der Waals surface area contributed by atoms with Gasteiger partial charge in [0.1, 0.15) is 11.9 Å². The van der Waals surface area contributed by atoms with Gasteiger partial charge in [0, 0.05) is 12.1 Å². The Morgan fingerprint density at radius 1 is 1.15 bits per heavy atom. The van der Waals surface area contributed by atoms with Crippen LogP contribution in [0.1, 0.15) is 18.9 Å². The van der Waals surface area contributed by atoms with Gasteiger partial charge in [-0.05, 0) is 36.8 Å². The van der Waals surface area contributed by atoms with Gasteiger partial charge in [-0.2, -0.15) is 0 Å². The van der Waals surface area contributed by atoms with Crippen LogP contribution < -0.4 is 10.6 Å². The van der Waals surface area contributed by atoms with Gasteiger partial charge in [-0.3, -0.25) is 9.59 Å². The number of oxime groups is 1. The van der Waals surface area contributed by atoms with Crippen molar-refractivity contribution >= 4 is 23.2 Å². The van der Waals surface area contributed by atoms with Crippen LogP contribution >= 0.6 is 0 Å². The number of rotatable bonds is 5. The first-order valence-electron chi connectivity index (χ1n) is 8.18. The topological polar surface area (TPSA) is 79.8 Å². The minimum atomic E-state index is -0.781. The van der Waals surface area contributed by atoms with Crippen LogP contribution in [0.3, 0.4) is 0 Å². The van der Waals surface area contributed by atoms with Crippen molar-refractivity contribution in [2.45, 2.75) is 25.5 Å². The molecular weight excluding hydrogens is 337 g/mol. The third kappa shape index (κ3) is 4.24. The van der Waals surface area contributed by atoms with Gasteiger partial charge >= 0.3 is 0 Å². The van der Waals surface area contributed by atoms with E-state index in [4.69, 9.17) is 4.84 Å². The molecule has 7 heteroatoms. The van der Waals surface area contributed by atoms with E-state index in [1.165, 1.54) is 24.3 Å². The first-order valence-corrected chi connectivity index (χ1v) is 8.18. The first-order chi connectivity index (χ1) is 12.5. The van der Waals surface area contributed by atoms with Crippen LogP contribution in [0.5, 0.6) is 0 Å². The molecule has 2 atom stereocenters. The molecule has 0 bridgehead atoms. The van der Waals surface area contributed by atoms with Gasteiger partial charge in [0.15, 0.2) is 0 Å². The second-order valence-electron chi connectivity index (χ2n) is 5.93. The number of nitrogens with zero attached hydrogens (tertiary/aromatic N) is 1. The lowest BCUT2D eigenvalue weighted by atomic mass is 10.0. The SMILES string of the molecule is C[C@@H](NC(=O)[C@@H]1CC(c2ccccc2)=NO1)C(=O)Nc1ccc(F)cc1. The minimum absolute atomic E-state index is 0.335. The second kappa shape index (κ2) is 7.77. The maximum absolute atomic E-state index is 12.9. The monoisotopic (exact) mass is 355 g/mol. The maximum Gasteiger partial charge on any atom is 0.264 e. The van der Waals surface area contributed by atoms with Gasteiger partial charge < -0.3 is 15.5 Å². The molecule has 2 aromatic carbocycles. The Bertz CT molecular complexity index is 822. The van der Waals surface area contributed by atoms with E-state index in [0.717, 1.165) is 5.56 Å². The molecule has 0 unspecified atom stereocenters. The Hall–Kier alpha value is -3.22. The maximum atomic E-state index is 12.9. The molecule has 0 spiro atoms. The van der Waals surface area contributed by atoms with Gasteiger partial charge in [-0.15, -0.1) is 0 Å². The van der Waals surface area contributed by atoms with E-state index in [-0.39, 0.29) is 0 Å². The Morgan fingerprint density at radius 2 is 1.85 bits per heavy atom. The molecule has 26 heavy (non-hydrogen) atoms. The molecule has 6 nitrogen and oxygen atoms in total. The second-order valence-corrected chi connectivity index (χ2v) is 5.93. The van der Waals surface area contributed by atoms with Crippen LogP contribution in [-0.4, -0.2) is 29.7 Å². The zero-order valence-electron chi connectivity index (χ0n) is 14.1. The molecule has 0 saturated heterocycles. The summed E-state index contributed by atoms with van der Waals surface area (Å²) in [5, 5.41) is 9.17. The average molecular weight is 355 g/mol. The predicted molar refractivity (Wildman–Crippen MR) is 95.1 cm³/mol. The van der Waals surface area contributed by atoms with Crippen molar-refractivity contribution in [2.75, 3.05) is 5.32 Å². The van der Waals surface area contributed by atoms with Crippen LogP contribution in [0, 0.1) is 5.82 Å². The van der Waals surface area contributed by atoms with Gasteiger partial charge in [0.05, 0.1) is 5.71 Å². The number of benzene rings is 2. The summed E-state index contributed by atoms with van der Waals surface area (Å²) in [6, 6.07) is 14.0. The van der Waals surface area contributed by atoms with Crippen LogP contribution in [0.15, 0.2) is 59.8 Å². The number of hydrogen-bond donors (Lipinski definition) is 2. The summed E-state index contributed by atoms with van der Waals surface area (Å²) in [6.45, 7) is 1.56. The molecular formula is C19H18FN3O3. The largest absolute Gasteiger partial charge is 0.382 e. The summed E-state index contributed by atoms with van der Waals surface area (Å²) < 4.78 is 12.9. The fraction of sp³-hybridized carbons (Fsp3) is 0.211. The lowest BCUT2D eigenvalue weighted by molar-refractivity contribution is -0.134. The van der Waals surface area contributed by atoms with Gasteiger partial charge in [-0.25, -0.2) is 4.39 Å². The van der Waals surface area contributed by atoms with Crippen LogP contribution in [0.4, 0.5) is 10.1 Å². The Balaban J connectivity index is 1.51. The number of anilines is 1. The van der Waals surface area contributed by atoms with Crippen molar-refractivity contribution in [1.82, 2.24) is 5.32 Å². The van der Waals surface area contributed by atoms with E-state index in [1.807, 2.05) is 30.3 Å². The number of nitrogens with one attached hydrogen (secondary N) is 2. The van der Waals surface area contributed by atoms with E-state index >= 15 is 0 Å². The van der Waals surface area contributed by atoms with Crippen molar-refractivity contribution in [2.24, 2.45) is 5.16 Å². The highest BCUT2D eigenvalue weighted by Gasteiger charge is 2.30. The summed E-state index contributed by atoms with van der Waals surface area (Å²) in [4.78, 5) is 29.6. The molecule has 134 valence electrons. The standard InChI is InChI=1S/C19H18FN3O3/c1-12(18(24)22-15-9-7-14(20)8-10-15)21-19(25)17-11-16(23-26-17)13-5-3-2-4-6-13/h2-10,12,17H,11H2,1H3,(H,21,25)(H,22,24)/t12-,17+/m1/s1. The van der Waals surface area contributed by atoms with Crippen molar-refractivity contribution in [3.05, 3.63) is 66.0 Å². The average Bonchev–Trinajstić information content (AvgIpc) is 3.14. The van der Waals surface area contributed by atoms with Crippen molar-refractivity contribution in [3.63, 3.8) is 0 Å². The minimum Gasteiger partial charge on any atom is -0.382 e. The molecule has 0 aliphatic carbocycles. The Morgan fingerprint density at radius 3 is 2.54 bits per heavy atom. The van der Waals surface area contributed by atoms with Crippen LogP contribution in [-0.2, 0) is 14.4 Å². The van der Waals surface area contributed by atoms with E-state index in [0.29, 0.717) is 17.8 Å². The van der Waals surface area contributed by atoms with E-state index < -0.39 is 29.8 Å². The molecule has 2 N–H and O–H groups in total. The highest BCUT2D eigenvalue weighted by Crippen LogP contribution is 2.17. The lowest BCUT2D eigenvalue weighted by Gasteiger charge is -2.16. The molecule has 0 aromatic heterocycles. The molecule has 0 fully saturated rings. The van der Waals surface area contributed by atoms with Gasteiger partial charge in [0.25, 0.3) is 5.91 Å². The molecule has 2 aromatic rings. The molecule has 1 heterocycles. The summed E-state index contributed by atoms with van der Waals surface area (Å²) in [6.07, 6.45) is -0.437. The first kappa shape index (κ1) is 17.6. The smallest absolute Gasteiger partial charge is 0.264 e. The lowest BCUT2D eigenvalue weighted by Crippen LogP contribution is -2.46. The third-order valence-electron chi connectivity index (χ3n) is 3.93. The third-order valence-corrected chi connectivity index (χ3v) is 3.93. The number of halogens is 1. The summed E-state index contributed by atoms with van der Waals surface area (Å²) >= 11 is 0. The van der Waals surface area contributed by atoms with Crippen LogP contribution in [0.25, 0.3) is 0 Å². The quantitative estimate of drug-likeness (QED) is 0.865. The Kier molecular flexibility index (Phi) is 5.26. The van der Waals surface area contributed by atoms with Crippen LogP contribution in [0.2, 0.25) is 0 Å². The van der Waals surface area contributed by atoms with Gasteiger partial charge in [0.2, 0.25) is 12.0 Å². The number of carbonyl (C=O) groups excluding carboxylic acids is 2. The number of hydrogen-bond acceptors (Lipinski definition) is 4. The van der Waals surface area contributed by atoms with E-state index in [1.54, 1.807) is 6.92 Å². The normalized spacial score (nSPS) is 17.0. The highest BCUT2D eigenvalue weighted by atomic mass is 19.1. The number of amides is 2. The molecule has 1 aliphatic heterocycles. The fourth-order valence-electron chi connectivity index (χ4n) is 2.47. The number of carbonyl (C=O) groups is 2. The molecule has 2 amide bonds. The zero-order valence-corrected chi connectivity index (χ0v) is 14.1. The summed E-state index contributed by atoms with van der Waals surface area (Å²) in [5.74, 6) is -1.22. The molecule has 0 saturated carbocycles. The van der Waals surface area contributed by atoms with Gasteiger partial charge in [-0.1, -0.05) is 35.5 Å². The molecule has 0 radical (unpaired) electrons. The highest BCUT2D eigenvalue weighted by molar-refractivity contribution is 6.04. The van der Waals surface area contributed by atoms with E-state index in [9.17, 15) is 14.0 Å². The summed E-state index contributed by atoms with van der Waals surface area (Å²) in [5.41, 5.74) is 2.03. The summed E-state index contributed by atoms with van der Waals surface area (Å²) in [7, 11) is 0. The predicted octanol–water partition coefficient (Wildman–Crippen LogP) is 2.46. The molecule has 3 rings (SSSR count). The molecule has 1 aliphatic rings. The fourth-order valence-corrected chi connectivity index (χ4v) is 2.47. The van der Waals surface area contributed by atoms with Crippen molar-refractivity contribution in [1.29, 1.82) is 0 Å². The van der Waals surface area contributed by atoms with E-state index in [2.05, 4.69) is 15.8 Å². The Labute approximate surface area is 150 Å².